The van der Waals surface area contributed by atoms with Crippen LogP contribution in [0.1, 0.15) is 28.4 Å². The molecule has 3 rings (SSSR count). The Morgan fingerprint density at radius 1 is 1.15 bits per heavy atom. The summed E-state index contributed by atoms with van der Waals surface area (Å²) >= 11 is 0.753. The maximum absolute atomic E-state index is 13.3. The Balaban J connectivity index is 1.95. The summed E-state index contributed by atoms with van der Waals surface area (Å²) in [6.07, 6.45) is 4.50. The van der Waals surface area contributed by atoms with Crippen molar-refractivity contribution < 1.29 is 28.1 Å². The average molecular weight is 473 g/mol. The summed E-state index contributed by atoms with van der Waals surface area (Å²) in [5, 5.41) is 2.30. The molecule has 1 heterocycles. The van der Waals surface area contributed by atoms with Gasteiger partial charge in [-0.1, -0.05) is 23.5 Å². The minimum atomic E-state index is -0.481. The first kappa shape index (κ1) is 24.2. The number of anilines is 1. The van der Waals surface area contributed by atoms with Crippen LogP contribution >= 0.6 is 11.3 Å². The second kappa shape index (κ2) is 11.4. The first-order valence-electron chi connectivity index (χ1n) is 10.1. The lowest BCUT2D eigenvalue weighted by Gasteiger charge is -2.15. The van der Waals surface area contributed by atoms with Crippen LogP contribution in [0.2, 0.25) is 0 Å². The van der Waals surface area contributed by atoms with Gasteiger partial charge in [0.05, 0.1) is 32.6 Å². The number of halogens is 1. The lowest BCUT2D eigenvalue weighted by Crippen LogP contribution is -2.18. The van der Waals surface area contributed by atoms with E-state index in [1.165, 1.54) is 0 Å². The molecule has 3 aromatic rings. The van der Waals surface area contributed by atoms with E-state index in [1.807, 2.05) is 43.3 Å². The molecular weight excluding hydrogens is 447 g/mol. The first-order valence-corrected chi connectivity index (χ1v) is 10.9. The fourth-order valence-electron chi connectivity index (χ4n) is 3.12. The molecular formula is C24H25FN2O5S. The highest BCUT2D eigenvalue weighted by molar-refractivity contribution is 7.14. The smallest absolute Gasteiger partial charge is 0.257 e. The number of aromatic nitrogens is 1. The molecule has 7 nitrogen and oxygen atoms in total. The maximum atomic E-state index is 13.3. The van der Waals surface area contributed by atoms with Crippen molar-refractivity contribution in [2.45, 2.75) is 13.0 Å². The molecule has 0 bridgehead atoms. The number of nitrogens with one attached hydrogen (secondary N) is 1. The van der Waals surface area contributed by atoms with Gasteiger partial charge in [-0.2, -0.15) is 4.39 Å². The van der Waals surface area contributed by atoms with Gasteiger partial charge in [-0.25, -0.2) is 4.98 Å². The molecule has 1 amide bonds. The van der Waals surface area contributed by atoms with Crippen molar-refractivity contribution in [3.63, 3.8) is 0 Å². The number of thiazole rings is 1. The van der Waals surface area contributed by atoms with E-state index in [2.05, 4.69) is 10.3 Å². The van der Waals surface area contributed by atoms with Gasteiger partial charge in [-0.15, -0.1) is 0 Å². The monoisotopic (exact) mass is 472 g/mol. The molecule has 0 unspecified atom stereocenters. The van der Waals surface area contributed by atoms with E-state index in [4.69, 9.17) is 18.9 Å². The number of hydrogen-bond donors (Lipinski definition) is 1. The Labute approximate surface area is 195 Å². The number of ether oxygens (including phenoxy) is 4. The summed E-state index contributed by atoms with van der Waals surface area (Å²) in [6, 6.07) is 10.6. The predicted octanol–water partition coefficient (Wildman–Crippen LogP) is 5.14. The van der Waals surface area contributed by atoms with Crippen molar-refractivity contribution in [2.75, 3.05) is 33.3 Å². The van der Waals surface area contributed by atoms with Gasteiger partial charge < -0.3 is 18.9 Å². The van der Waals surface area contributed by atoms with E-state index in [1.54, 1.807) is 33.5 Å². The van der Waals surface area contributed by atoms with Crippen molar-refractivity contribution in [1.29, 1.82) is 0 Å². The van der Waals surface area contributed by atoms with Crippen molar-refractivity contribution in [1.82, 2.24) is 4.98 Å². The summed E-state index contributed by atoms with van der Waals surface area (Å²) < 4.78 is 35.2. The summed E-state index contributed by atoms with van der Waals surface area (Å²) in [4.78, 5) is 16.6. The standard InChI is InChI=1S/C24H25FN2O5S/c1-15(14-29-2)32-18-11-16(8-9-19-20(30-3)6-5-7-21(19)31-4)10-17(12-18)23(28)27-24-26-13-22(25)33-24/h5-13,15H,14H2,1-4H3,(H,26,27,28)/t15-/m0/s1. The molecule has 0 saturated heterocycles. The molecule has 1 N–H and O–H groups in total. The van der Waals surface area contributed by atoms with Crippen molar-refractivity contribution in [3.05, 3.63) is 64.4 Å². The highest BCUT2D eigenvalue weighted by atomic mass is 32.1. The highest BCUT2D eigenvalue weighted by Crippen LogP contribution is 2.31. The van der Waals surface area contributed by atoms with E-state index in [9.17, 15) is 9.18 Å². The van der Waals surface area contributed by atoms with Crippen LogP contribution in [0.4, 0.5) is 9.52 Å². The van der Waals surface area contributed by atoms with Gasteiger partial charge in [0.25, 0.3) is 5.91 Å². The fraction of sp³-hybridized carbons (Fsp3) is 0.250. The highest BCUT2D eigenvalue weighted by Gasteiger charge is 2.14. The summed E-state index contributed by atoms with van der Waals surface area (Å²) in [7, 11) is 4.76. The average Bonchev–Trinajstić information content (AvgIpc) is 3.21. The van der Waals surface area contributed by atoms with Crippen LogP contribution in [0.15, 0.2) is 42.6 Å². The topological polar surface area (TPSA) is 78.9 Å². The number of methoxy groups -OCH3 is 3. The lowest BCUT2D eigenvalue weighted by atomic mass is 10.1. The molecule has 0 aliphatic heterocycles. The van der Waals surface area contributed by atoms with Crippen LogP contribution in [-0.4, -0.2) is 44.9 Å². The summed E-state index contributed by atoms with van der Waals surface area (Å²) in [5.41, 5.74) is 1.80. The van der Waals surface area contributed by atoms with Crippen LogP contribution in [0, 0.1) is 5.13 Å². The zero-order valence-corrected chi connectivity index (χ0v) is 19.6. The quantitative estimate of drug-likeness (QED) is 0.412. The van der Waals surface area contributed by atoms with Gasteiger partial charge in [0.1, 0.15) is 23.4 Å². The molecule has 0 spiro atoms. The van der Waals surface area contributed by atoms with Crippen molar-refractivity contribution >= 4 is 34.5 Å². The van der Waals surface area contributed by atoms with Crippen LogP contribution in [0.3, 0.4) is 0 Å². The Bertz CT molecular complexity index is 1110. The molecule has 0 aliphatic carbocycles. The fourth-order valence-corrected chi connectivity index (χ4v) is 3.66. The van der Waals surface area contributed by atoms with Gasteiger partial charge in [-0.3, -0.25) is 10.1 Å². The molecule has 9 heteroatoms. The van der Waals surface area contributed by atoms with Gasteiger partial charge >= 0.3 is 0 Å². The van der Waals surface area contributed by atoms with Crippen LogP contribution in [0.25, 0.3) is 12.2 Å². The van der Waals surface area contributed by atoms with E-state index in [-0.39, 0.29) is 11.2 Å². The normalized spacial score (nSPS) is 11.9. The molecule has 0 fully saturated rings. The molecule has 1 aromatic heterocycles. The second-order valence-electron chi connectivity index (χ2n) is 7.01. The molecule has 33 heavy (non-hydrogen) atoms. The van der Waals surface area contributed by atoms with Crippen LogP contribution in [-0.2, 0) is 4.74 Å². The molecule has 174 valence electrons. The zero-order valence-electron chi connectivity index (χ0n) is 18.8. The number of benzene rings is 2. The minimum Gasteiger partial charge on any atom is -0.496 e. The van der Waals surface area contributed by atoms with E-state index < -0.39 is 11.0 Å². The Morgan fingerprint density at radius 2 is 1.88 bits per heavy atom. The molecule has 0 saturated carbocycles. The Kier molecular flexibility index (Phi) is 8.39. The second-order valence-corrected chi connectivity index (χ2v) is 7.99. The third-order valence-electron chi connectivity index (χ3n) is 4.54. The number of carbonyl (C=O) groups excluding carboxylic acids is 1. The van der Waals surface area contributed by atoms with Gasteiger partial charge in [0.2, 0.25) is 0 Å². The van der Waals surface area contributed by atoms with Crippen LogP contribution in [0.5, 0.6) is 17.2 Å². The third-order valence-corrected chi connectivity index (χ3v) is 5.24. The molecule has 0 aliphatic rings. The number of rotatable bonds is 10. The van der Waals surface area contributed by atoms with Gasteiger partial charge in [-0.05, 0) is 48.9 Å². The van der Waals surface area contributed by atoms with Crippen molar-refractivity contribution in [3.8, 4) is 17.2 Å². The SMILES string of the molecule is COC[C@H](C)Oc1cc(C=Cc2c(OC)cccc2OC)cc(C(=O)Nc2ncc(F)s2)c1. The van der Waals surface area contributed by atoms with Gasteiger partial charge in [0.15, 0.2) is 10.3 Å². The largest absolute Gasteiger partial charge is 0.496 e. The summed E-state index contributed by atoms with van der Waals surface area (Å²) in [6.45, 7) is 2.25. The maximum Gasteiger partial charge on any atom is 0.257 e. The third kappa shape index (κ3) is 6.53. The molecule has 1 atom stereocenters. The number of amides is 1. The lowest BCUT2D eigenvalue weighted by molar-refractivity contribution is 0.0917. The van der Waals surface area contributed by atoms with E-state index >= 15 is 0 Å². The van der Waals surface area contributed by atoms with E-state index in [0.717, 1.165) is 23.1 Å². The number of hydrogen-bond acceptors (Lipinski definition) is 7. The van der Waals surface area contributed by atoms with Gasteiger partial charge in [0, 0.05) is 12.7 Å². The summed E-state index contributed by atoms with van der Waals surface area (Å²) in [5.74, 6) is 1.36. The first-order chi connectivity index (χ1) is 15.9. The zero-order chi connectivity index (χ0) is 23.8. The number of nitrogens with zero attached hydrogens (tertiary/aromatic N) is 1. The van der Waals surface area contributed by atoms with Crippen LogP contribution < -0.4 is 19.5 Å². The van der Waals surface area contributed by atoms with E-state index in [0.29, 0.717) is 35.0 Å². The molecule has 2 aromatic carbocycles. The minimum absolute atomic E-state index is 0.174. The Hall–Kier alpha value is -3.43. The predicted molar refractivity (Wildman–Crippen MR) is 127 cm³/mol. The number of carbonyl (C=O) groups is 1. The van der Waals surface area contributed by atoms with Crippen molar-refractivity contribution in [2.24, 2.45) is 0 Å². The molecule has 0 radical (unpaired) electrons. The Morgan fingerprint density at radius 3 is 2.48 bits per heavy atom.